The van der Waals surface area contributed by atoms with Crippen LogP contribution in [0, 0.1) is 0 Å². The number of anilines is 1. The van der Waals surface area contributed by atoms with E-state index in [0.29, 0.717) is 16.3 Å². The Morgan fingerprint density at radius 1 is 1.14 bits per heavy atom. The van der Waals surface area contributed by atoms with E-state index in [4.69, 9.17) is 11.6 Å². The molecule has 2 heterocycles. The number of fused-ring (bicyclic) bond motifs is 1. The normalized spacial score (nSPS) is 17.0. The lowest BCUT2D eigenvalue weighted by Crippen LogP contribution is -2.44. The summed E-state index contributed by atoms with van der Waals surface area (Å²) in [5.41, 5.74) is -1.04. The van der Waals surface area contributed by atoms with Gasteiger partial charge in [0.2, 0.25) is 11.8 Å². The monoisotopic (exact) mass is 520 g/mol. The summed E-state index contributed by atoms with van der Waals surface area (Å²) in [6.07, 6.45) is -2.85. The average Bonchev–Trinajstić information content (AvgIpc) is 2.80. The molecule has 188 valence electrons. The Morgan fingerprint density at radius 2 is 1.89 bits per heavy atom. The number of halogens is 4. The number of nitrogens with zero attached hydrogens (tertiary/aromatic N) is 1. The standard InChI is InChI=1S/C24H20ClF3N4O4/c1-12(29-23(36)30-15-4-5-18(25)17(11-15)24(26,27)28)14-3-2-13-8-9-32(22(35)16(13)10-14)19-6-7-20(33)31-21(19)34/h2-5,8-12,19H,6-7H2,1H3,(H2,29,30,36)(H,31,33,34). The first-order valence-electron chi connectivity index (χ1n) is 10.9. The molecule has 0 saturated carbocycles. The van der Waals surface area contributed by atoms with Crippen LogP contribution in [0.3, 0.4) is 0 Å². The number of nitrogens with one attached hydrogen (secondary N) is 3. The van der Waals surface area contributed by atoms with Crippen LogP contribution in [-0.4, -0.2) is 22.4 Å². The van der Waals surface area contributed by atoms with Gasteiger partial charge in [0, 0.05) is 23.7 Å². The van der Waals surface area contributed by atoms with Crippen molar-refractivity contribution in [2.45, 2.75) is 38.0 Å². The molecule has 1 aliphatic rings. The number of piperidine rings is 1. The molecule has 3 aromatic rings. The van der Waals surface area contributed by atoms with E-state index < -0.39 is 52.3 Å². The van der Waals surface area contributed by atoms with Crippen molar-refractivity contribution in [3.8, 4) is 0 Å². The number of pyridine rings is 1. The zero-order valence-electron chi connectivity index (χ0n) is 18.8. The van der Waals surface area contributed by atoms with Gasteiger partial charge in [0.05, 0.1) is 16.6 Å². The SMILES string of the molecule is CC(NC(=O)Nc1ccc(Cl)c(C(F)(F)F)c1)c1ccc2ccn(C3CCC(=O)NC3=O)c(=O)c2c1. The van der Waals surface area contributed by atoms with Gasteiger partial charge in [-0.25, -0.2) is 4.79 Å². The number of amides is 4. The molecule has 4 amide bonds. The molecule has 0 spiro atoms. The molecule has 12 heteroatoms. The molecule has 8 nitrogen and oxygen atoms in total. The van der Waals surface area contributed by atoms with E-state index >= 15 is 0 Å². The van der Waals surface area contributed by atoms with Crippen molar-refractivity contribution >= 4 is 45.9 Å². The third-order valence-electron chi connectivity index (χ3n) is 5.88. The fraction of sp³-hybridized carbons (Fsp3) is 0.250. The predicted octanol–water partition coefficient (Wildman–Crippen LogP) is 4.53. The highest BCUT2D eigenvalue weighted by Gasteiger charge is 2.33. The number of urea groups is 1. The summed E-state index contributed by atoms with van der Waals surface area (Å²) in [4.78, 5) is 49.2. The van der Waals surface area contributed by atoms with E-state index in [1.165, 1.54) is 16.8 Å². The maximum absolute atomic E-state index is 13.1. The summed E-state index contributed by atoms with van der Waals surface area (Å²) < 4.78 is 40.5. The molecule has 2 atom stereocenters. The second kappa shape index (κ2) is 9.65. The number of alkyl halides is 3. The summed E-state index contributed by atoms with van der Waals surface area (Å²) in [6.45, 7) is 1.64. The summed E-state index contributed by atoms with van der Waals surface area (Å²) in [7, 11) is 0. The minimum atomic E-state index is -4.68. The van der Waals surface area contributed by atoms with E-state index in [1.807, 2.05) is 0 Å². The fourth-order valence-corrected chi connectivity index (χ4v) is 4.23. The van der Waals surface area contributed by atoms with Crippen LogP contribution in [0.5, 0.6) is 0 Å². The Balaban J connectivity index is 1.53. The Hall–Kier alpha value is -3.86. The van der Waals surface area contributed by atoms with Gasteiger partial charge in [-0.1, -0.05) is 23.7 Å². The van der Waals surface area contributed by atoms with Gasteiger partial charge in [-0.15, -0.1) is 0 Å². The van der Waals surface area contributed by atoms with Crippen molar-refractivity contribution in [3.63, 3.8) is 0 Å². The minimum Gasteiger partial charge on any atom is -0.331 e. The smallest absolute Gasteiger partial charge is 0.331 e. The van der Waals surface area contributed by atoms with Crippen LogP contribution in [0.25, 0.3) is 10.8 Å². The molecule has 1 aliphatic heterocycles. The second-order valence-electron chi connectivity index (χ2n) is 8.35. The Morgan fingerprint density at radius 3 is 2.58 bits per heavy atom. The first kappa shape index (κ1) is 25.2. The molecular weight excluding hydrogens is 501 g/mol. The molecule has 0 radical (unpaired) electrons. The number of rotatable bonds is 4. The highest BCUT2D eigenvalue weighted by molar-refractivity contribution is 6.31. The minimum absolute atomic E-state index is 0.0953. The molecule has 1 aromatic heterocycles. The van der Waals surface area contributed by atoms with Crippen molar-refractivity contribution in [1.29, 1.82) is 0 Å². The third-order valence-corrected chi connectivity index (χ3v) is 6.21. The van der Waals surface area contributed by atoms with Crippen molar-refractivity contribution in [2.24, 2.45) is 0 Å². The number of hydrogen-bond acceptors (Lipinski definition) is 4. The Labute approximate surface area is 207 Å². The van der Waals surface area contributed by atoms with Gasteiger partial charge in [0.1, 0.15) is 6.04 Å². The molecule has 1 saturated heterocycles. The van der Waals surface area contributed by atoms with Crippen molar-refractivity contribution in [1.82, 2.24) is 15.2 Å². The zero-order valence-corrected chi connectivity index (χ0v) is 19.5. The van der Waals surface area contributed by atoms with Gasteiger partial charge >= 0.3 is 12.2 Å². The van der Waals surface area contributed by atoms with Crippen molar-refractivity contribution < 1.29 is 27.6 Å². The lowest BCUT2D eigenvalue weighted by Gasteiger charge is -2.23. The fourth-order valence-electron chi connectivity index (χ4n) is 4.00. The van der Waals surface area contributed by atoms with Crippen LogP contribution in [0.15, 0.2) is 53.5 Å². The number of carbonyl (C=O) groups is 3. The van der Waals surface area contributed by atoms with Crippen LogP contribution in [0.4, 0.5) is 23.7 Å². The molecule has 3 N–H and O–H groups in total. The number of aromatic nitrogens is 1. The lowest BCUT2D eigenvalue weighted by molar-refractivity contribution is -0.138. The summed E-state index contributed by atoms with van der Waals surface area (Å²) in [5.74, 6) is -0.940. The van der Waals surface area contributed by atoms with Crippen LogP contribution in [-0.2, 0) is 15.8 Å². The molecule has 0 bridgehead atoms. The molecule has 2 unspecified atom stereocenters. The first-order chi connectivity index (χ1) is 16.9. The van der Waals surface area contributed by atoms with Crippen molar-refractivity contribution in [3.05, 3.63) is 75.2 Å². The van der Waals surface area contributed by atoms with Crippen LogP contribution >= 0.6 is 11.6 Å². The highest BCUT2D eigenvalue weighted by Crippen LogP contribution is 2.36. The van der Waals surface area contributed by atoms with E-state index in [1.54, 1.807) is 31.2 Å². The average molecular weight is 521 g/mol. The molecular formula is C24H20ClF3N4O4. The van der Waals surface area contributed by atoms with Gasteiger partial charge < -0.3 is 15.2 Å². The van der Waals surface area contributed by atoms with Crippen LogP contribution in [0.2, 0.25) is 5.02 Å². The second-order valence-corrected chi connectivity index (χ2v) is 8.76. The largest absolute Gasteiger partial charge is 0.417 e. The van der Waals surface area contributed by atoms with Crippen LogP contribution in [0.1, 0.15) is 43.0 Å². The zero-order chi connectivity index (χ0) is 26.2. The first-order valence-corrected chi connectivity index (χ1v) is 11.2. The summed E-state index contributed by atoms with van der Waals surface area (Å²) in [5, 5.41) is 7.63. The third kappa shape index (κ3) is 5.20. The molecule has 4 rings (SSSR count). The number of carbonyl (C=O) groups excluding carboxylic acids is 3. The Bertz CT molecular complexity index is 1440. The van der Waals surface area contributed by atoms with E-state index in [2.05, 4.69) is 16.0 Å². The summed E-state index contributed by atoms with van der Waals surface area (Å²) >= 11 is 5.60. The quantitative estimate of drug-likeness (QED) is 0.439. The van der Waals surface area contributed by atoms with Gasteiger partial charge in [-0.2, -0.15) is 13.2 Å². The van der Waals surface area contributed by atoms with Crippen LogP contribution < -0.4 is 21.5 Å². The molecule has 0 aliphatic carbocycles. The van der Waals surface area contributed by atoms with E-state index in [-0.39, 0.29) is 18.5 Å². The van der Waals surface area contributed by atoms with Gasteiger partial charge in [-0.05, 0) is 54.6 Å². The number of benzene rings is 2. The summed E-state index contributed by atoms with van der Waals surface area (Å²) in [6, 6.07) is 7.47. The number of hydrogen-bond donors (Lipinski definition) is 3. The maximum atomic E-state index is 13.1. The van der Waals surface area contributed by atoms with Gasteiger partial charge in [0.15, 0.2) is 0 Å². The Kier molecular flexibility index (Phi) is 6.77. The number of imide groups is 1. The van der Waals surface area contributed by atoms with Gasteiger partial charge in [-0.3, -0.25) is 19.7 Å². The van der Waals surface area contributed by atoms with E-state index in [9.17, 15) is 32.3 Å². The maximum Gasteiger partial charge on any atom is 0.417 e. The van der Waals surface area contributed by atoms with Crippen molar-refractivity contribution in [2.75, 3.05) is 5.32 Å². The molecule has 1 fully saturated rings. The molecule has 2 aromatic carbocycles. The molecule has 36 heavy (non-hydrogen) atoms. The highest BCUT2D eigenvalue weighted by atomic mass is 35.5. The van der Waals surface area contributed by atoms with Gasteiger partial charge in [0.25, 0.3) is 5.56 Å². The lowest BCUT2D eigenvalue weighted by atomic mass is 10.0. The van der Waals surface area contributed by atoms with E-state index in [0.717, 1.165) is 12.1 Å². The predicted molar refractivity (Wildman–Crippen MR) is 127 cm³/mol. The topological polar surface area (TPSA) is 109 Å².